The monoisotopic (exact) mass is 286 g/mol. The molecule has 0 radical (unpaired) electrons. The van der Waals surface area contributed by atoms with Crippen molar-refractivity contribution in [3.8, 4) is 0 Å². The minimum absolute atomic E-state index is 0.137. The van der Waals surface area contributed by atoms with Gasteiger partial charge in [-0.2, -0.15) is 13.2 Å². The van der Waals surface area contributed by atoms with E-state index in [0.717, 1.165) is 12.1 Å². The molecule has 0 fully saturated rings. The van der Waals surface area contributed by atoms with Crippen LogP contribution in [0.5, 0.6) is 0 Å². The highest BCUT2D eigenvalue weighted by atomic mass is 35.7. The largest absolute Gasteiger partial charge is 0.416 e. The van der Waals surface area contributed by atoms with Gasteiger partial charge in [-0.1, -0.05) is 12.1 Å². The molecule has 0 heterocycles. The maximum atomic E-state index is 12.2. The molecule has 0 N–H and O–H groups in total. The first-order valence-corrected chi connectivity index (χ1v) is 6.70. The third-order valence-corrected chi connectivity index (χ3v) is 2.77. The molecule has 0 spiro atoms. The SMILES string of the molecule is O=C(CS(=O)(=O)Cl)c1ccc(C(F)(F)F)cc1. The van der Waals surface area contributed by atoms with Crippen LogP contribution in [0.4, 0.5) is 13.2 Å². The molecule has 94 valence electrons. The Labute approximate surface area is 99.6 Å². The number of carbonyl (C=O) groups excluding carboxylic acids is 1. The normalized spacial score (nSPS) is 12.5. The molecule has 17 heavy (non-hydrogen) atoms. The number of rotatable bonds is 3. The average molecular weight is 287 g/mol. The number of ketones is 1. The van der Waals surface area contributed by atoms with Crippen molar-refractivity contribution in [1.82, 2.24) is 0 Å². The van der Waals surface area contributed by atoms with Gasteiger partial charge in [0.2, 0.25) is 9.05 Å². The van der Waals surface area contributed by atoms with Crippen LogP contribution in [0, 0.1) is 0 Å². The fourth-order valence-corrected chi connectivity index (χ4v) is 1.86. The van der Waals surface area contributed by atoms with Crippen molar-refractivity contribution >= 4 is 25.5 Å². The van der Waals surface area contributed by atoms with E-state index in [9.17, 15) is 26.4 Å². The molecule has 1 rings (SSSR count). The van der Waals surface area contributed by atoms with Gasteiger partial charge < -0.3 is 0 Å². The summed E-state index contributed by atoms with van der Waals surface area (Å²) < 4.78 is 57.8. The highest BCUT2D eigenvalue weighted by molar-refractivity contribution is 8.14. The topological polar surface area (TPSA) is 51.2 Å². The zero-order valence-corrected chi connectivity index (χ0v) is 9.73. The van der Waals surface area contributed by atoms with Crippen LogP contribution >= 0.6 is 10.7 Å². The van der Waals surface area contributed by atoms with Gasteiger partial charge in [0.1, 0.15) is 5.75 Å². The number of benzene rings is 1. The fraction of sp³-hybridized carbons (Fsp3) is 0.222. The number of Topliss-reactive ketones (excluding diaryl/α,β-unsaturated/α-hetero) is 1. The molecule has 1 aromatic carbocycles. The first-order valence-electron chi connectivity index (χ1n) is 4.22. The Morgan fingerprint density at radius 1 is 1.18 bits per heavy atom. The van der Waals surface area contributed by atoms with Gasteiger partial charge in [0.15, 0.2) is 5.78 Å². The summed E-state index contributed by atoms with van der Waals surface area (Å²) in [5.74, 6) is -1.80. The number of carbonyl (C=O) groups is 1. The first kappa shape index (κ1) is 14.0. The summed E-state index contributed by atoms with van der Waals surface area (Å²) in [6.45, 7) is 0. The lowest BCUT2D eigenvalue weighted by Crippen LogP contribution is -2.12. The van der Waals surface area contributed by atoms with Crippen molar-refractivity contribution in [2.24, 2.45) is 0 Å². The average Bonchev–Trinajstić information content (AvgIpc) is 2.14. The quantitative estimate of drug-likeness (QED) is 0.633. The Balaban J connectivity index is 2.93. The summed E-state index contributed by atoms with van der Waals surface area (Å²) in [6, 6.07) is 3.22. The Morgan fingerprint density at radius 2 is 1.65 bits per heavy atom. The molecule has 0 saturated heterocycles. The summed E-state index contributed by atoms with van der Waals surface area (Å²) >= 11 is 0. The highest BCUT2D eigenvalue weighted by Gasteiger charge is 2.30. The van der Waals surface area contributed by atoms with E-state index in [-0.39, 0.29) is 5.56 Å². The van der Waals surface area contributed by atoms with Crippen LogP contribution in [-0.4, -0.2) is 20.0 Å². The molecule has 0 aliphatic heterocycles. The van der Waals surface area contributed by atoms with Crippen LogP contribution in [0.25, 0.3) is 0 Å². The van der Waals surface area contributed by atoms with E-state index in [1.165, 1.54) is 0 Å². The van der Waals surface area contributed by atoms with Gasteiger partial charge in [0, 0.05) is 16.2 Å². The van der Waals surface area contributed by atoms with Crippen molar-refractivity contribution in [3.63, 3.8) is 0 Å². The van der Waals surface area contributed by atoms with Crippen LogP contribution in [0.2, 0.25) is 0 Å². The highest BCUT2D eigenvalue weighted by Crippen LogP contribution is 2.29. The lowest BCUT2D eigenvalue weighted by atomic mass is 10.1. The van der Waals surface area contributed by atoms with Gasteiger partial charge in [0.25, 0.3) is 0 Å². The molecule has 0 unspecified atom stereocenters. The standard InChI is InChI=1S/C9H6ClF3O3S/c10-17(15,16)5-8(14)6-1-3-7(4-2-6)9(11,12)13/h1-4H,5H2. The number of halogens is 4. The van der Waals surface area contributed by atoms with Gasteiger partial charge in [-0.05, 0) is 12.1 Å². The molecule has 0 aromatic heterocycles. The van der Waals surface area contributed by atoms with Gasteiger partial charge in [-0.3, -0.25) is 4.79 Å². The van der Waals surface area contributed by atoms with Crippen molar-refractivity contribution in [2.75, 3.05) is 5.75 Å². The van der Waals surface area contributed by atoms with Crippen LogP contribution in [-0.2, 0) is 15.2 Å². The van der Waals surface area contributed by atoms with Gasteiger partial charge in [0.05, 0.1) is 5.56 Å². The molecule has 0 bridgehead atoms. The maximum absolute atomic E-state index is 12.2. The van der Waals surface area contributed by atoms with E-state index in [1.54, 1.807) is 0 Å². The van der Waals surface area contributed by atoms with Crippen molar-refractivity contribution in [2.45, 2.75) is 6.18 Å². The van der Waals surface area contributed by atoms with E-state index in [1.807, 2.05) is 0 Å². The second-order valence-corrected chi connectivity index (χ2v) is 5.96. The molecule has 0 aliphatic carbocycles. The van der Waals surface area contributed by atoms with Crippen LogP contribution in [0.3, 0.4) is 0 Å². The zero-order chi connectivity index (χ0) is 13.3. The predicted molar refractivity (Wildman–Crippen MR) is 55.4 cm³/mol. The summed E-state index contributed by atoms with van der Waals surface area (Å²) in [5, 5.41) is 0. The Morgan fingerprint density at radius 3 is 2.00 bits per heavy atom. The van der Waals surface area contributed by atoms with Crippen LogP contribution < -0.4 is 0 Å². The summed E-state index contributed by atoms with van der Waals surface area (Å²) in [6.07, 6.45) is -4.50. The van der Waals surface area contributed by atoms with E-state index in [4.69, 9.17) is 10.7 Å². The number of hydrogen-bond acceptors (Lipinski definition) is 3. The Hall–Kier alpha value is -1.08. The third-order valence-electron chi connectivity index (χ3n) is 1.84. The van der Waals surface area contributed by atoms with Crippen molar-refractivity contribution in [3.05, 3.63) is 35.4 Å². The molecule has 3 nitrogen and oxygen atoms in total. The molecule has 0 amide bonds. The molecule has 1 aromatic rings. The Bertz CT molecular complexity index is 519. The lowest BCUT2D eigenvalue weighted by molar-refractivity contribution is -0.137. The Kier molecular flexibility index (Phi) is 3.83. The lowest BCUT2D eigenvalue weighted by Gasteiger charge is -2.06. The second kappa shape index (κ2) is 4.66. The number of hydrogen-bond donors (Lipinski definition) is 0. The molecular formula is C9H6ClF3O3S. The minimum atomic E-state index is -4.50. The smallest absolute Gasteiger partial charge is 0.293 e. The first-order chi connectivity index (χ1) is 7.59. The number of alkyl halides is 3. The zero-order valence-electron chi connectivity index (χ0n) is 8.16. The van der Waals surface area contributed by atoms with E-state index in [2.05, 4.69) is 0 Å². The molecule has 0 atom stereocenters. The van der Waals surface area contributed by atoms with Gasteiger partial charge in [-0.25, -0.2) is 8.42 Å². The summed E-state index contributed by atoms with van der Waals surface area (Å²) in [5.41, 5.74) is -1.05. The van der Waals surface area contributed by atoms with Gasteiger partial charge in [-0.15, -0.1) is 0 Å². The predicted octanol–water partition coefficient (Wildman–Crippen LogP) is 2.46. The van der Waals surface area contributed by atoms with Crippen molar-refractivity contribution in [1.29, 1.82) is 0 Å². The second-order valence-electron chi connectivity index (χ2n) is 3.18. The molecular weight excluding hydrogens is 281 g/mol. The van der Waals surface area contributed by atoms with Gasteiger partial charge >= 0.3 is 6.18 Å². The third kappa shape index (κ3) is 4.35. The fourth-order valence-electron chi connectivity index (χ4n) is 1.09. The van der Waals surface area contributed by atoms with E-state index >= 15 is 0 Å². The maximum Gasteiger partial charge on any atom is 0.416 e. The van der Waals surface area contributed by atoms with E-state index in [0.29, 0.717) is 12.1 Å². The summed E-state index contributed by atoms with van der Waals surface area (Å²) in [4.78, 5) is 11.3. The summed E-state index contributed by atoms with van der Waals surface area (Å²) in [7, 11) is 0.844. The molecule has 0 saturated carbocycles. The van der Waals surface area contributed by atoms with Crippen molar-refractivity contribution < 1.29 is 26.4 Å². The molecule has 8 heteroatoms. The minimum Gasteiger partial charge on any atom is -0.293 e. The van der Waals surface area contributed by atoms with Crippen LogP contribution in [0.1, 0.15) is 15.9 Å². The molecule has 0 aliphatic rings. The van der Waals surface area contributed by atoms with E-state index < -0.39 is 32.3 Å². The van der Waals surface area contributed by atoms with Crippen LogP contribution in [0.15, 0.2) is 24.3 Å².